The van der Waals surface area contributed by atoms with E-state index in [-0.39, 0.29) is 24.5 Å². The fraction of sp³-hybridized carbons (Fsp3) is 0.290. The molecule has 0 spiro atoms. The van der Waals surface area contributed by atoms with E-state index in [1.54, 1.807) is 0 Å². The first kappa shape index (κ1) is 22.0. The number of ether oxygens (including phenoxy) is 1. The molecule has 0 N–H and O–H groups in total. The molecule has 4 heterocycles. The number of pyridine rings is 1. The van der Waals surface area contributed by atoms with Crippen LogP contribution in [0.4, 0.5) is 0 Å². The topological polar surface area (TPSA) is 42.4 Å². The van der Waals surface area contributed by atoms with Gasteiger partial charge in [0.05, 0.1) is 18.0 Å². The lowest BCUT2D eigenvalue weighted by Crippen LogP contribution is -2.55. The third kappa shape index (κ3) is 4.23. The van der Waals surface area contributed by atoms with E-state index in [0.29, 0.717) is 11.8 Å². The molecule has 3 fully saturated rings. The second-order valence-electron chi connectivity index (χ2n) is 9.93. The van der Waals surface area contributed by atoms with Crippen molar-refractivity contribution >= 4 is 27.6 Å². The monoisotopic (exact) mass is 462 g/mol. The van der Waals surface area contributed by atoms with Crippen molar-refractivity contribution in [3.05, 3.63) is 103 Å². The molecular formula is C31H30N2O2. The molecule has 0 amide bonds. The summed E-state index contributed by atoms with van der Waals surface area (Å²) < 4.78 is 6.39. The predicted molar refractivity (Wildman–Crippen MR) is 140 cm³/mol. The molecule has 3 saturated heterocycles. The maximum absolute atomic E-state index is 13.4. The maximum Gasteiger partial charge on any atom is 0.310 e. The van der Waals surface area contributed by atoms with Crippen molar-refractivity contribution in [2.75, 3.05) is 13.1 Å². The first-order chi connectivity index (χ1) is 17.2. The van der Waals surface area contributed by atoms with E-state index in [0.717, 1.165) is 46.9 Å². The minimum absolute atomic E-state index is 0.163. The normalized spacial score (nSPS) is 24.3. The van der Waals surface area contributed by atoms with E-state index < -0.39 is 0 Å². The Bertz CT molecular complexity index is 1390. The van der Waals surface area contributed by atoms with Gasteiger partial charge in [-0.25, -0.2) is 0 Å². The molecule has 4 nitrogen and oxygen atoms in total. The minimum Gasteiger partial charge on any atom is -0.456 e. The maximum atomic E-state index is 13.4. The Morgan fingerprint density at radius 3 is 2.74 bits per heavy atom. The number of carbonyl (C=O) groups excluding carboxylic acids is 1. The first-order valence-electron chi connectivity index (χ1n) is 12.6. The minimum atomic E-state index is -0.329. The Balaban J connectivity index is 1.32. The van der Waals surface area contributed by atoms with E-state index in [1.165, 1.54) is 11.8 Å². The summed E-state index contributed by atoms with van der Waals surface area (Å²) in [6, 6.07) is 24.8. The lowest BCUT2D eigenvalue weighted by molar-refractivity contribution is -0.156. The molecule has 35 heavy (non-hydrogen) atoms. The summed E-state index contributed by atoms with van der Waals surface area (Å²) >= 11 is 0. The van der Waals surface area contributed by atoms with Gasteiger partial charge in [-0.1, -0.05) is 66.7 Å². The number of fused-ring (bicyclic) bond motifs is 5. The molecule has 176 valence electrons. The van der Waals surface area contributed by atoms with Crippen molar-refractivity contribution < 1.29 is 9.53 Å². The van der Waals surface area contributed by atoms with Gasteiger partial charge in [-0.15, -0.1) is 6.58 Å². The number of esters is 1. The summed E-state index contributed by atoms with van der Waals surface area (Å²) in [5.41, 5.74) is 2.96. The Labute approximate surface area is 206 Å². The first-order valence-corrected chi connectivity index (χ1v) is 12.6. The third-order valence-electron chi connectivity index (χ3n) is 7.91. The molecule has 7 rings (SSSR count). The van der Waals surface area contributed by atoms with E-state index in [2.05, 4.69) is 52.9 Å². The van der Waals surface area contributed by atoms with Crippen molar-refractivity contribution in [1.82, 2.24) is 9.88 Å². The van der Waals surface area contributed by atoms with E-state index >= 15 is 0 Å². The SMILES string of the molecule is C=CC1CN2CCC1CC2C(OC(=O)Cc1ccc2ccccc2c1)c1ccnc2ccccc12. The molecule has 1 aromatic heterocycles. The van der Waals surface area contributed by atoms with Gasteiger partial charge in [-0.05, 0) is 59.7 Å². The molecule has 4 aromatic rings. The highest BCUT2D eigenvalue weighted by atomic mass is 16.5. The van der Waals surface area contributed by atoms with Crippen LogP contribution in [0.15, 0.2) is 91.6 Å². The summed E-state index contributed by atoms with van der Waals surface area (Å²) in [6.07, 6.45) is 6.07. The van der Waals surface area contributed by atoms with Crippen LogP contribution in [0.1, 0.15) is 30.1 Å². The van der Waals surface area contributed by atoms with E-state index in [1.807, 2.05) is 48.7 Å². The number of benzene rings is 3. The Morgan fingerprint density at radius 2 is 1.91 bits per heavy atom. The van der Waals surface area contributed by atoms with Gasteiger partial charge in [-0.2, -0.15) is 0 Å². The molecule has 3 aromatic carbocycles. The van der Waals surface area contributed by atoms with Gasteiger partial charge in [0.25, 0.3) is 0 Å². The lowest BCUT2D eigenvalue weighted by Gasteiger charge is -2.51. The highest BCUT2D eigenvalue weighted by Gasteiger charge is 2.44. The summed E-state index contributed by atoms with van der Waals surface area (Å²) in [5.74, 6) is 0.925. The summed E-state index contributed by atoms with van der Waals surface area (Å²) in [6.45, 7) is 6.10. The fourth-order valence-electron chi connectivity index (χ4n) is 6.11. The summed E-state index contributed by atoms with van der Waals surface area (Å²) in [4.78, 5) is 20.4. The molecule has 5 unspecified atom stereocenters. The van der Waals surface area contributed by atoms with Crippen LogP contribution in [0.3, 0.4) is 0 Å². The summed E-state index contributed by atoms with van der Waals surface area (Å²) in [7, 11) is 0. The number of hydrogen-bond acceptors (Lipinski definition) is 4. The zero-order valence-electron chi connectivity index (χ0n) is 19.8. The molecule has 4 heteroatoms. The number of hydrogen-bond donors (Lipinski definition) is 0. The van der Waals surface area contributed by atoms with Crippen LogP contribution in [0.5, 0.6) is 0 Å². The van der Waals surface area contributed by atoms with Crippen molar-refractivity contribution in [3.8, 4) is 0 Å². The van der Waals surface area contributed by atoms with Crippen molar-refractivity contribution in [2.24, 2.45) is 11.8 Å². The molecule has 0 saturated carbocycles. The summed E-state index contributed by atoms with van der Waals surface area (Å²) in [5, 5.41) is 3.37. The number of piperidine rings is 3. The van der Waals surface area contributed by atoms with Gasteiger partial charge < -0.3 is 4.74 Å². The molecular weight excluding hydrogens is 432 g/mol. The quantitative estimate of drug-likeness (QED) is 0.256. The molecule has 0 aliphatic carbocycles. The number of para-hydroxylation sites is 1. The van der Waals surface area contributed by atoms with Gasteiger partial charge in [-0.3, -0.25) is 14.7 Å². The number of rotatable bonds is 6. The van der Waals surface area contributed by atoms with Crippen molar-refractivity contribution in [2.45, 2.75) is 31.4 Å². The van der Waals surface area contributed by atoms with Crippen LogP contribution in [-0.2, 0) is 16.0 Å². The third-order valence-corrected chi connectivity index (χ3v) is 7.91. The number of carbonyl (C=O) groups is 1. The Kier molecular flexibility index (Phi) is 5.83. The number of aromatic nitrogens is 1. The molecule has 5 atom stereocenters. The lowest BCUT2D eigenvalue weighted by atomic mass is 9.73. The highest BCUT2D eigenvalue weighted by Crippen LogP contribution is 2.43. The predicted octanol–water partition coefficient (Wildman–Crippen LogP) is 6.11. The second-order valence-corrected chi connectivity index (χ2v) is 9.93. The second kappa shape index (κ2) is 9.27. The smallest absolute Gasteiger partial charge is 0.310 e. The van der Waals surface area contributed by atoms with Crippen LogP contribution >= 0.6 is 0 Å². The molecule has 3 aliphatic rings. The molecule has 0 radical (unpaired) electrons. The zero-order chi connectivity index (χ0) is 23.8. The Hall–Kier alpha value is -3.50. The number of nitrogens with zero attached hydrogens (tertiary/aromatic N) is 2. The van der Waals surface area contributed by atoms with Crippen molar-refractivity contribution in [1.29, 1.82) is 0 Å². The van der Waals surface area contributed by atoms with Gasteiger partial charge >= 0.3 is 5.97 Å². The Morgan fingerprint density at radius 1 is 1.09 bits per heavy atom. The van der Waals surface area contributed by atoms with Gasteiger partial charge in [0.2, 0.25) is 0 Å². The average Bonchev–Trinajstić information content (AvgIpc) is 2.91. The standard InChI is InChI=1S/C31H30N2O2/c1-2-22-20-33-16-14-25(22)19-29(33)31(27-13-15-32-28-10-6-5-9-26(27)28)35-30(34)18-21-11-12-23-7-3-4-8-24(23)17-21/h2-13,15,17,22,25,29,31H,1,14,16,18-20H2. The largest absolute Gasteiger partial charge is 0.456 e. The van der Waals surface area contributed by atoms with Gasteiger partial charge in [0.1, 0.15) is 6.10 Å². The fourth-order valence-corrected chi connectivity index (χ4v) is 6.11. The molecule has 2 bridgehead atoms. The van der Waals surface area contributed by atoms with Gasteiger partial charge in [0, 0.05) is 23.7 Å². The van der Waals surface area contributed by atoms with Crippen LogP contribution in [0.25, 0.3) is 21.7 Å². The molecule has 3 aliphatic heterocycles. The van der Waals surface area contributed by atoms with Crippen LogP contribution < -0.4 is 0 Å². The van der Waals surface area contributed by atoms with E-state index in [9.17, 15) is 4.79 Å². The van der Waals surface area contributed by atoms with Crippen LogP contribution in [0, 0.1) is 11.8 Å². The zero-order valence-corrected chi connectivity index (χ0v) is 19.8. The highest BCUT2D eigenvalue weighted by molar-refractivity contribution is 5.85. The average molecular weight is 463 g/mol. The van der Waals surface area contributed by atoms with Gasteiger partial charge in [0.15, 0.2) is 0 Å². The van der Waals surface area contributed by atoms with Crippen molar-refractivity contribution in [3.63, 3.8) is 0 Å². The van der Waals surface area contributed by atoms with Crippen LogP contribution in [-0.4, -0.2) is 35.0 Å². The van der Waals surface area contributed by atoms with E-state index in [4.69, 9.17) is 4.74 Å². The van der Waals surface area contributed by atoms with Crippen LogP contribution in [0.2, 0.25) is 0 Å².